The first-order valence-corrected chi connectivity index (χ1v) is 23.0. The molecule has 5 aliphatic rings. The maximum Gasteiger partial charge on any atom is 0.408 e. The second-order valence-corrected chi connectivity index (χ2v) is 19.0. The molecule has 2 aromatic carbocycles. The number of rotatable bonds is 9. The maximum absolute atomic E-state index is 14.8. The Hall–Kier alpha value is -5.64. The number of benzene rings is 2. The van der Waals surface area contributed by atoms with Gasteiger partial charge in [-0.25, -0.2) is 18.2 Å². The number of nitrogens with zero attached hydrogens (tertiary/aromatic N) is 2. The average molecular weight is 854 g/mol. The molecule has 1 saturated heterocycles. The van der Waals surface area contributed by atoms with Gasteiger partial charge in [0.05, 0.1) is 24.6 Å². The molecule has 2 aromatic heterocycles. The first-order valence-electron chi connectivity index (χ1n) is 21.5. The van der Waals surface area contributed by atoms with Crippen molar-refractivity contribution in [3.63, 3.8) is 0 Å². The van der Waals surface area contributed by atoms with Gasteiger partial charge in [-0.15, -0.1) is 0 Å². The van der Waals surface area contributed by atoms with Crippen LogP contribution in [-0.2, 0) is 29.1 Å². The normalized spacial score (nSPS) is 26.7. The van der Waals surface area contributed by atoms with E-state index in [9.17, 15) is 27.6 Å². The molecule has 61 heavy (non-hydrogen) atoms. The molecule has 4 aromatic rings. The topological polar surface area (TPSA) is 195 Å². The van der Waals surface area contributed by atoms with Crippen LogP contribution in [0.1, 0.15) is 83.5 Å². The summed E-state index contributed by atoms with van der Waals surface area (Å²) in [6.45, 7) is -0.0345. The molecule has 0 radical (unpaired) electrons. The van der Waals surface area contributed by atoms with Crippen LogP contribution in [0.3, 0.4) is 0 Å². The number of amides is 4. The molecular weight excluding hydrogens is 803 g/mol. The lowest BCUT2D eigenvalue weighted by Crippen LogP contribution is -2.58. The fourth-order valence-electron chi connectivity index (χ4n) is 9.01. The molecule has 16 heteroatoms. The number of methoxy groups -OCH3 is 1. The van der Waals surface area contributed by atoms with Crippen molar-refractivity contribution in [1.29, 1.82) is 0 Å². The second-order valence-electron chi connectivity index (χ2n) is 17.0. The summed E-state index contributed by atoms with van der Waals surface area (Å²) in [4.78, 5) is 63.0. The number of hydrogen-bond donors (Lipinski definition) is 3. The van der Waals surface area contributed by atoms with E-state index in [1.165, 1.54) is 4.90 Å². The monoisotopic (exact) mass is 853 g/mol. The zero-order valence-electron chi connectivity index (χ0n) is 34.1. The van der Waals surface area contributed by atoms with Crippen LogP contribution in [-0.4, -0.2) is 90.9 Å². The van der Waals surface area contributed by atoms with Crippen LogP contribution in [0.5, 0.6) is 11.5 Å². The van der Waals surface area contributed by atoms with Gasteiger partial charge in [-0.1, -0.05) is 37.1 Å². The van der Waals surface area contributed by atoms with E-state index in [0.29, 0.717) is 66.0 Å². The smallest absolute Gasteiger partial charge is 0.408 e. The molecular formula is C45H51N5O10S. The average Bonchev–Trinajstić information content (AvgIpc) is 4.06. The molecule has 0 spiro atoms. The van der Waals surface area contributed by atoms with E-state index in [4.69, 9.17) is 23.6 Å². The molecule has 0 bridgehead atoms. The van der Waals surface area contributed by atoms with Crippen LogP contribution in [0.15, 0.2) is 71.2 Å². The molecule has 5 atom stereocenters. The summed E-state index contributed by atoms with van der Waals surface area (Å²) in [7, 11) is -2.32. The van der Waals surface area contributed by atoms with Gasteiger partial charge in [0.2, 0.25) is 21.8 Å². The van der Waals surface area contributed by atoms with Crippen molar-refractivity contribution in [2.75, 3.05) is 13.7 Å². The van der Waals surface area contributed by atoms with E-state index in [0.717, 1.165) is 49.5 Å². The van der Waals surface area contributed by atoms with Gasteiger partial charge in [0, 0.05) is 29.4 Å². The number of allylic oxidation sites excluding steroid dienone is 1. The van der Waals surface area contributed by atoms with Gasteiger partial charge in [0.15, 0.2) is 11.3 Å². The van der Waals surface area contributed by atoms with E-state index in [-0.39, 0.29) is 25.5 Å². The Labute approximate surface area is 354 Å². The highest BCUT2D eigenvalue weighted by atomic mass is 32.2. The maximum atomic E-state index is 14.8. The van der Waals surface area contributed by atoms with E-state index >= 15 is 0 Å². The number of aromatic nitrogens is 1. The van der Waals surface area contributed by atoms with Crippen molar-refractivity contribution in [2.24, 2.45) is 5.92 Å². The zero-order valence-corrected chi connectivity index (χ0v) is 34.9. The number of ether oxygens (including phenoxy) is 3. The summed E-state index contributed by atoms with van der Waals surface area (Å²) in [5.41, 5.74) is 1.45. The summed E-state index contributed by atoms with van der Waals surface area (Å²) < 4.78 is 52.4. The van der Waals surface area contributed by atoms with Gasteiger partial charge in [-0.2, -0.15) is 0 Å². The number of furan rings is 1. The zero-order chi connectivity index (χ0) is 42.3. The quantitative estimate of drug-likeness (QED) is 0.166. The van der Waals surface area contributed by atoms with Crippen molar-refractivity contribution in [1.82, 2.24) is 25.2 Å². The number of fused-ring (bicyclic) bond motifs is 5. The molecule has 4 fully saturated rings. The Morgan fingerprint density at radius 2 is 1.72 bits per heavy atom. The van der Waals surface area contributed by atoms with E-state index in [2.05, 4.69) is 15.4 Å². The van der Waals surface area contributed by atoms with Gasteiger partial charge >= 0.3 is 6.09 Å². The van der Waals surface area contributed by atoms with E-state index in [1.807, 2.05) is 60.7 Å². The number of carbonyl (C=O) groups excluding carboxylic acids is 4. The van der Waals surface area contributed by atoms with Crippen molar-refractivity contribution in [2.45, 2.75) is 119 Å². The van der Waals surface area contributed by atoms with Gasteiger partial charge in [0.1, 0.15) is 46.7 Å². The summed E-state index contributed by atoms with van der Waals surface area (Å²) >= 11 is 0. The van der Waals surface area contributed by atoms with E-state index < -0.39 is 68.7 Å². The number of pyridine rings is 1. The highest BCUT2D eigenvalue weighted by Crippen LogP contribution is 2.46. The lowest BCUT2D eigenvalue weighted by molar-refractivity contribution is -0.141. The van der Waals surface area contributed by atoms with Crippen LogP contribution in [0.4, 0.5) is 4.79 Å². The Morgan fingerprint density at radius 3 is 2.49 bits per heavy atom. The van der Waals surface area contributed by atoms with Crippen molar-refractivity contribution >= 4 is 55.9 Å². The van der Waals surface area contributed by atoms with Gasteiger partial charge < -0.3 is 34.2 Å². The predicted octanol–water partition coefficient (Wildman–Crippen LogP) is 6.05. The molecule has 15 nitrogen and oxygen atoms in total. The largest absolute Gasteiger partial charge is 0.497 e. The van der Waals surface area contributed by atoms with Gasteiger partial charge in [-0.3, -0.25) is 19.1 Å². The summed E-state index contributed by atoms with van der Waals surface area (Å²) in [6.07, 6.45) is 10.0. The molecule has 0 unspecified atom stereocenters. The Morgan fingerprint density at radius 1 is 0.951 bits per heavy atom. The molecule has 4 heterocycles. The Balaban J connectivity index is 1.05. The lowest BCUT2D eigenvalue weighted by atomic mass is 10.0. The fourth-order valence-corrected chi connectivity index (χ4v) is 10.4. The number of alkyl carbamates (subject to hydrolysis) is 1. The molecule has 9 rings (SSSR count). The third-order valence-electron chi connectivity index (χ3n) is 12.7. The van der Waals surface area contributed by atoms with Crippen LogP contribution >= 0.6 is 0 Å². The molecule has 3 N–H and O–H groups in total. The SMILES string of the molecule is COc1ccc(-c2cc(O[C@@H]3C[C@H]4C(=O)N[C@]5(C(=O)NS(=O)(=O)C6CC6)C[C@H]5/C=C\CCCCC[C@H](NC(=O)OC5CCCC5)C(=O)N4C3)c3oc4ccccc4c3n2)cc1. The molecule has 322 valence electrons. The number of carbonyl (C=O) groups is 4. The first-order chi connectivity index (χ1) is 29.5. The minimum atomic E-state index is -3.91. The van der Waals surface area contributed by atoms with Crippen LogP contribution in [0.25, 0.3) is 33.3 Å². The van der Waals surface area contributed by atoms with Gasteiger partial charge in [0.25, 0.3) is 5.91 Å². The molecule has 3 saturated carbocycles. The lowest BCUT2D eigenvalue weighted by Gasteiger charge is -2.30. The van der Waals surface area contributed by atoms with Crippen molar-refractivity contribution in [3.05, 3.63) is 66.7 Å². The standard InChI is InChI=1S/C45H51N5O10S/c1-57-29-19-17-27(18-20-29)35-24-38(40-39(46-35)33-14-9-10-16-37(33)60-40)58-31-23-36-41(51)48-45(43(53)49-61(55,56)32-21-22-32)25-28(45)11-5-3-2-4-6-15-34(42(52)50(36)26-31)47-44(54)59-30-12-7-8-13-30/h5,9-11,14,16-20,24,28,30-32,34,36H,2-4,6-8,12-13,15,21-23,25-26H2,1H3,(H,47,54)(H,48,51)(H,49,53)/b11-5-/t28-,31-,34+,36+,45-/m1/s1. The second kappa shape index (κ2) is 16.7. The van der Waals surface area contributed by atoms with E-state index in [1.54, 1.807) is 13.2 Å². The number of para-hydroxylation sites is 1. The van der Waals surface area contributed by atoms with Crippen molar-refractivity contribution < 1.29 is 46.2 Å². The molecule has 2 aliphatic heterocycles. The summed E-state index contributed by atoms with van der Waals surface area (Å²) in [5.74, 6) is -1.30. The first kappa shape index (κ1) is 40.7. The third kappa shape index (κ3) is 8.51. The molecule has 3 aliphatic carbocycles. The van der Waals surface area contributed by atoms with Crippen LogP contribution in [0.2, 0.25) is 0 Å². The minimum absolute atomic E-state index is 0.0251. The van der Waals surface area contributed by atoms with Gasteiger partial charge in [-0.05, 0) is 101 Å². The Kier molecular flexibility index (Phi) is 11.1. The highest BCUT2D eigenvalue weighted by molar-refractivity contribution is 7.91. The fraction of sp³-hybridized carbons (Fsp3) is 0.489. The van der Waals surface area contributed by atoms with Crippen LogP contribution in [0, 0.1) is 5.92 Å². The summed E-state index contributed by atoms with van der Waals surface area (Å²) in [6, 6.07) is 14.6. The Bertz CT molecular complexity index is 2480. The number of sulfonamides is 1. The summed E-state index contributed by atoms with van der Waals surface area (Å²) in [5, 5.41) is 5.90. The third-order valence-corrected chi connectivity index (χ3v) is 14.5. The highest BCUT2D eigenvalue weighted by Gasteiger charge is 2.62. The number of hydrogen-bond acceptors (Lipinski definition) is 11. The molecule has 4 amide bonds. The predicted molar refractivity (Wildman–Crippen MR) is 225 cm³/mol. The van der Waals surface area contributed by atoms with Crippen LogP contribution < -0.4 is 24.8 Å². The van der Waals surface area contributed by atoms with Crippen molar-refractivity contribution in [3.8, 4) is 22.8 Å². The minimum Gasteiger partial charge on any atom is -0.497 e. The number of nitrogens with one attached hydrogen (secondary N) is 3.